The van der Waals surface area contributed by atoms with E-state index in [4.69, 9.17) is 10.2 Å². The van der Waals surface area contributed by atoms with Crippen LogP contribution in [0.5, 0.6) is 0 Å². The summed E-state index contributed by atoms with van der Waals surface area (Å²) in [6, 6.07) is -1.39. The largest absolute Gasteiger partial charge is 0.480 e. The van der Waals surface area contributed by atoms with Crippen molar-refractivity contribution in [2.45, 2.75) is 31.1 Å². The average molecular weight is 971 g/mol. The van der Waals surface area contributed by atoms with E-state index in [1.807, 2.05) is 0 Å². The molecule has 0 fully saturated rings. The van der Waals surface area contributed by atoms with Crippen LogP contribution in [0.4, 0.5) is 0 Å². The maximum Gasteiger partial charge on any atom is 0.321 e. The summed E-state index contributed by atoms with van der Waals surface area (Å²) in [5.74, 6) is -10.4. The summed E-state index contributed by atoms with van der Waals surface area (Å²) < 4.78 is 0. The molecule has 0 radical (unpaired) electrons. The number of rotatable bonds is 42. The summed E-state index contributed by atoms with van der Waals surface area (Å²) in [5.41, 5.74) is 0. The summed E-state index contributed by atoms with van der Waals surface area (Å²) in [6.45, 7) is -6.76. The predicted octanol–water partition coefficient (Wildman–Crippen LogP) is -9.09. The number of carbonyl (C=O) groups excluding carboxylic acids is 4. The molecule has 0 aliphatic rings. The quantitative estimate of drug-likeness (QED) is 0.0253. The number of nitrogens with one attached hydrogen (secondary N) is 5. The summed E-state index contributed by atoms with van der Waals surface area (Å²) >= 11 is 0. The second-order valence-corrected chi connectivity index (χ2v) is 15.0. The Hall–Kier alpha value is -5.70. The molecule has 30 heteroatoms. The lowest BCUT2D eigenvalue weighted by Gasteiger charge is -2.28. The van der Waals surface area contributed by atoms with Gasteiger partial charge in [0, 0.05) is 78.5 Å². The zero-order valence-corrected chi connectivity index (χ0v) is 37.0. The van der Waals surface area contributed by atoms with Gasteiger partial charge in [-0.15, -0.1) is 0 Å². The Bertz CT molecular complexity index is 1600. The van der Waals surface area contributed by atoms with Crippen molar-refractivity contribution in [3.63, 3.8) is 0 Å². The first-order valence-corrected chi connectivity index (χ1v) is 20.8. The highest BCUT2D eigenvalue weighted by atomic mass is 16.4. The fourth-order valence-electron chi connectivity index (χ4n) is 5.80. The molecule has 0 aromatic heterocycles. The maximum atomic E-state index is 12.7. The third-order valence-corrected chi connectivity index (χ3v) is 9.09. The molecule has 0 rings (SSSR count). The van der Waals surface area contributed by atoms with Gasteiger partial charge in [-0.25, -0.2) is 0 Å². The molecule has 0 aromatic carbocycles. The Labute approximate surface area is 384 Å². The molecule has 0 aromatic rings. The van der Waals surface area contributed by atoms with E-state index in [9.17, 15) is 88.8 Å². The topological polar surface area (TPSA) is 449 Å². The summed E-state index contributed by atoms with van der Waals surface area (Å²) in [4.78, 5) is 125. The van der Waals surface area contributed by atoms with E-state index in [0.29, 0.717) is 0 Å². The molecule has 15 N–H and O–H groups in total. The molecule has 67 heavy (non-hydrogen) atoms. The van der Waals surface area contributed by atoms with Crippen LogP contribution >= 0.6 is 0 Å². The summed E-state index contributed by atoms with van der Waals surface area (Å²) in [6.07, 6.45) is -2.84. The van der Waals surface area contributed by atoms with Gasteiger partial charge in [0.25, 0.3) is 0 Å². The standard InChI is InChI=1S/C37H66N10O20/c48-23-25(50)13-41-28(52)12-27(37(66)67)38-4-5-43(18-32(56)57)6-9-45(20-34(60)61)15-29(53)39-2-1-3-40-30(54)16-46(21-35(62)63)10-7-44(19-33(58)59)8-11-47(22-36(64)65)17-31(55)42-14-26(51)24-49/h25-27,38,48-51H,1-24H2,(H,39,53)(H,40,54)(H,41,52)(H,42,55)(H,56,57)(H,58,59)(H,60,61)(H,62,63)(H,64,65)(H,66,67). The van der Waals surface area contributed by atoms with E-state index in [-0.39, 0.29) is 85.0 Å². The molecular weight excluding hydrogens is 904 g/mol. The lowest BCUT2D eigenvalue weighted by Crippen LogP contribution is -2.48. The van der Waals surface area contributed by atoms with Crippen molar-refractivity contribution in [1.29, 1.82) is 0 Å². The zero-order valence-electron chi connectivity index (χ0n) is 37.0. The Morgan fingerprint density at radius 2 is 0.701 bits per heavy atom. The van der Waals surface area contributed by atoms with E-state index in [2.05, 4.69) is 26.6 Å². The average Bonchev–Trinajstić information content (AvgIpc) is 3.22. The third kappa shape index (κ3) is 34.3. The maximum absolute atomic E-state index is 12.7. The molecule has 0 aliphatic carbocycles. The molecule has 4 amide bonds. The van der Waals surface area contributed by atoms with Gasteiger partial charge in [-0.05, 0) is 6.42 Å². The monoisotopic (exact) mass is 970 g/mol. The van der Waals surface area contributed by atoms with Gasteiger partial charge < -0.3 is 77.6 Å². The van der Waals surface area contributed by atoms with Crippen LogP contribution in [0.1, 0.15) is 12.8 Å². The fourth-order valence-corrected chi connectivity index (χ4v) is 5.80. The number of hydrogen-bond donors (Lipinski definition) is 15. The highest BCUT2D eigenvalue weighted by molar-refractivity contribution is 5.84. The van der Waals surface area contributed by atoms with Gasteiger partial charge >= 0.3 is 35.8 Å². The highest BCUT2D eigenvalue weighted by Gasteiger charge is 2.24. The minimum absolute atomic E-state index is 0.00832. The minimum Gasteiger partial charge on any atom is -0.480 e. The Kier molecular flexibility index (Phi) is 32.5. The van der Waals surface area contributed by atoms with E-state index in [0.717, 1.165) is 0 Å². The molecule has 0 aliphatic heterocycles. The number of aliphatic hydroxyl groups excluding tert-OH is 4. The van der Waals surface area contributed by atoms with Crippen molar-refractivity contribution in [2.24, 2.45) is 0 Å². The van der Waals surface area contributed by atoms with Gasteiger partial charge in [0.2, 0.25) is 23.6 Å². The Morgan fingerprint density at radius 1 is 0.388 bits per heavy atom. The first kappa shape index (κ1) is 61.3. The van der Waals surface area contributed by atoms with Crippen molar-refractivity contribution >= 4 is 59.4 Å². The number of carbonyl (C=O) groups is 10. The van der Waals surface area contributed by atoms with Gasteiger partial charge in [-0.1, -0.05) is 0 Å². The van der Waals surface area contributed by atoms with Crippen LogP contribution in [0, 0.1) is 0 Å². The molecule has 3 unspecified atom stereocenters. The van der Waals surface area contributed by atoms with Crippen LogP contribution in [-0.4, -0.2) is 297 Å². The molecule has 0 heterocycles. The summed E-state index contributed by atoms with van der Waals surface area (Å²) in [7, 11) is 0. The van der Waals surface area contributed by atoms with E-state index >= 15 is 0 Å². The van der Waals surface area contributed by atoms with Gasteiger partial charge in [0.1, 0.15) is 6.04 Å². The van der Waals surface area contributed by atoms with Crippen LogP contribution in [0.2, 0.25) is 0 Å². The number of hydrogen-bond acceptors (Lipinski definition) is 20. The van der Waals surface area contributed by atoms with Crippen LogP contribution in [0.3, 0.4) is 0 Å². The highest BCUT2D eigenvalue weighted by Crippen LogP contribution is 2.00. The number of amides is 4. The van der Waals surface area contributed by atoms with Crippen LogP contribution in [0.15, 0.2) is 0 Å². The molecule has 0 saturated carbocycles. The van der Waals surface area contributed by atoms with Crippen LogP contribution < -0.4 is 26.6 Å². The molecular formula is C37H66N10O20. The molecule has 384 valence electrons. The first-order chi connectivity index (χ1) is 31.5. The lowest BCUT2D eigenvalue weighted by atomic mass is 10.2. The lowest BCUT2D eigenvalue weighted by molar-refractivity contribution is -0.142. The van der Waals surface area contributed by atoms with Gasteiger partial charge in [-0.3, -0.25) is 72.4 Å². The summed E-state index contributed by atoms with van der Waals surface area (Å²) in [5, 5.41) is 105. The number of nitrogens with zero attached hydrogens (tertiary/aromatic N) is 5. The number of aliphatic carboxylic acids is 6. The van der Waals surface area contributed by atoms with Crippen molar-refractivity contribution in [3.05, 3.63) is 0 Å². The van der Waals surface area contributed by atoms with Crippen molar-refractivity contribution < 1.29 is 99.0 Å². The predicted molar refractivity (Wildman–Crippen MR) is 227 cm³/mol. The van der Waals surface area contributed by atoms with E-state index in [1.54, 1.807) is 0 Å². The normalized spacial score (nSPS) is 12.7. The number of carboxylic acid groups (broad SMARTS) is 6. The van der Waals surface area contributed by atoms with Gasteiger partial charge in [-0.2, -0.15) is 0 Å². The van der Waals surface area contributed by atoms with Crippen molar-refractivity contribution in [3.8, 4) is 0 Å². The van der Waals surface area contributed by atoms with E-state index in [1.165, 1.54) is 24.5 Å². The molecule has 0 bridgehead atoms. The smallest absolute Gasteiger partial charge is 0.321 e. The number of aliphatic hydroxyl groups is 4. The zero-order chi connectivity index (χ0) is 50.9. The second-order valence-electron chi connectivity index (χ2n) is 15.0. The first-order valence-electron chi connectivity index (χ1n) is 20.8. The van der Waals surface area contributed by atoms with Crippen molar-refractivity contribution in [1.82, 2.24) is 51.1 Å². The van der Waals surface area contributed by atoms with Crippen LogP contribution in [-0.2, 0) is 47.9 Å². The molecule has 30 nitrogen and oxygen atoms in total. The minimum atomic E-state index is -1.39. The Morgan fingerprint density at radius 3 is 1.04 bits per heavy atom. The third-order valence-electron chi connectivity index (χ3n) is 9.09. The molecule has 3 atom stereocenters. The second kappa shape index (κ2) is 35.5. The number of carboxylic acids is 6. The SMILES string of the molecule is O=C(O)CN(CCNC(CC(=O)NCC(O)CO)C(=O)O)CCN(CC(=O)O)CC(=O)NCCCNC(=O)CN(CCN(CCN(CC(=O)O)CC(=O)NCC(O)CO)CC(=O)O)CC(=O)O. The molecule has 0 spiro atoms. The van der Waals surface area contributed by atoms with E-state index < -0.39 is 150 Å². The fraction of sp³-hybridized carbons (Fsp3) is 0.730. The van der Waals surface area contributed by atoms with Crippen molar-refractivity contribution in [2.75, 3.05) is 144 Å². The van der Waals surface area contributed by atoms with Crippen LogP contribution in [0.25, 0.3) is 0 Å². The van der Waals surface area contributed by atoms with Gasteiger partial charge in [0.05, 0.1) is 84.2 Å². The Balaban J connectivity index is 5.15. The van der Waals surface area contributed by atoms with Gasteiger partial charge in [0.15, 0.2) is 0 Å². The molecule has 0 saturated heterocycles.